The molecule has 7 nitrogen and oxygen atoms in total. The normalized spacial score (nSPS) is 10.4. The summed E-state index contributed by atoms with van der Waals surface area (Å²) in [7, 11) is 3.31. The van der Waals surface area contributed by atoms with E-state index in [0.717, 1.165) is 0 Å². The van der Waals surface area contributed by atoms with Gasteiger partial charge in [-0.05, 0) is 36.2 Å². The molecule has 30 heavy (non-hydrogen) atoms. The van der Waals surface area contributed by atoms with Crippen LogP contribution in [0.1, 0.15) is 18.0 Å². The molecule has 0 saturated heterocycles. The van der Waals surface area contributed by atoms with Crippen molar-refractivity contribution in [3.8, 4) is 11.5 Å². The number of benzene rings is 1. The van der Waals surface area contributed by atoms with E-state index >= 15 is 0 Å². The molecule has 0 N–H and O–H groups in total. The van der Waals surface area contributed by atoms with Crippen molar-refractivity contribution in [2.45, 2.75) is 13.0 Å². The predicted octanol–water partition coefficient (Wildman–Crippen LogP) is 4.45. The van der Waals surface area contributed by atoms with Gasteiger partial charge in [0.05, 0.1) is 29.2 Å². The molecule has 0 aliphatic carbocycles. The van der Waals surface area contributed by atoms with Gasteiger partial charge >= 0.3 is 6.43 Å². The molecule has 0 aliphatic rings. The Bertz CT molecular complexity index is 969. The van der Waals surface area contributed by atoms with Crippen LogP contribution in [-0.4, -0.2) is 41.5 Å². The minimum Gasteiger partial charge on any atom is -0.415 e. The van der Waals surface area contributed by atoms with Crippen LogP contribution in [0, 0.1) is 5.82 Å². The van der Waals surface area contributed by atoms with Crippen molar-refractivity contribution in [2.24, 2.45) is 0 Å². The molecule has 0 unspecified atom stereocenters. The molecule has 160 valence electrons. The van der Waals surface area contributed by atoms with E-state index in [1.54, 1.807) is 31.1 Å². The highest BCUT2D eigenvalue weighted by Gasteiger charge is 2.17. The zero-order valence-corrected chi connectivity index (χ0v) is 18.0. The number of hydrogen-bond donors (Lipinski definition) is 0. The van der Waals surface area contributed by atoms with Crippen molar-refractivity contribution in [3.63, 3.8) is 0 Å². The van der Waals surface area contributed by atoms with Crippen LogP contribution < -0.4 is 9.80 Å². The zero-order chi connectivity index (χ0) is 22.3. The van der Waals surface area contributed by atoms with Gasteiger partial charge in [0.2, 0.25) is 12.3 Å². The molecular formula is C19H19BrF3N5O2. The molecule has 11 heteroatoms. The molecule has 1 aromatic carbocycles. The van der Waals surface area contributed by atoms with E-state index < -0.39 is 18.1 Å². The van der Waals surface area contributed by atoms with E-state index in [4.69, 9.17) is 4.42 Å². The molecule has 0 fully saturated rings. The minimum absolute atomic E-state index is 0.0530. The number of hydrogen-bond acceptors (Lipinski definition) is 6. The first-order valence-electron chi connectivity index (χ1n) is 8.52. The Kier molecular flexibility index (Phi) is 8.34. The van der Waals surface area contributed by atoms with Gasteiger partial charge in [0.15, 0.2) is 0 Å². The lowest BCUT2D eigenvalue weighted by Gasteiger charge is -2.25. The van der Waals surface area contributed by atoms with Crippen molar-refractivity contribution in [3.05, 3.63) is 53.9 Å². The number of alkyl halides is 3. The number of amides is 1. The van der Waals surface area contributed by atoms with Crippen LogP contribution in [0.25, 0.3) is 11.5 Å². The van der Waals surface area contributed by atoms with Crippen LogP contribution in [0.5, 0.6) is 0 Å². The number of aromatic nitrogens is 3. The number of nitrogens with zero attached hydrogens (tertiary/aromatic N) is 5. The molecule has 2 heterocycles. The maximum atomic E-state index is 13.7. The summed E-state index contributed by atoms with van der Waals surface area (Å²) >= 11 is 2.94. The van der Waals surface area contributed by atoms with Crippen LogP contribution >= 0.6 is 15.9 Å². The lowest BCUT2D eigenvalue weighted by molar-refractivity contribution is -0.107. The van der Waals surface area contributed by atoms with E-state index in [1.807, 2.05) is 5.83 Å². The van der Waals surface area contributed by atoms with Crippen molar-refractivity contribution in [1.82, 2.24) is 15.2 Å². The van der Waals surface area contributed by atoms with Crippen molar-refractivity contribution >= 4 is 33.7 Å². The number of carbonyl (C=O) groups is 1. The SMILES string of the molecule is CBr.CN(C=O)c1ccc(F)cc1N(C)Cc1ccc(-c2nnc(C(F)F)o2)cn1. The van der Waals surface area contributed by atoms with Crippen LogP contribution in [0.15, 0.2) is 40.9 Å². The number of carbonyl (C=O) groups excluding carboxylic acids is 1. The first-order valence-corrected chi connectivity index (χ1v) is 10.1. The standard InChI is InChI=1S/C18H16F3N5O2.CH3Br/c1-25(15-7-12(19)4-6-14(15)26(2)10-27)9-13-5-3-11(8-22-13)17-23-24-18(28-17)16(20)21;1-2/h3-8,10,16H,9H2,1-2H3;1H3. The third kappa shape index (κ3) is 5.56. The summed E-state index contributed by atoms with van der Waals surface area (Å²) in [6, 6.07) is 7.40. The fraction of sp³-hybridized carbons (Fsp3) is 0.263. The Labute approximate surface area is 179 Å². The Balaban J connectivity index is 0.00000155. The summed E-state index contributed by atoms with van der Waals surface area (Å²) in [6.07, 6.45) is -0.779. The van der Waals surface area contributed by atoms with Gasteiger partial charge in [-0.2, -0.15) is 8.78 Å². The summed E-state index contributed by atoms with van der Waals surface area (Å²) in [4.78, 5) is 18.4. The van der Waals surface area contributed by atoms with Crippen molar-refractivity contribution in [1.29, 1.82) is 0 Å². The first kappa shape index (κ1) is 23.3. The molecular weight excluding hydrogens is 467 g/mol. The number of rotatable bonds is 7. The van der Waals surface area contributed by atoms with Gasteiger partial charge < -0.3 is 14.2 Å². The third-order valence-corrected chi connectivity index (χ3v) is 3.98. The minimum atomic E-state index is -2.84. The summed E-state index contributed by atoms with van der Waals surface area (Å²) in [5.74, 6) is 0.575. The average molecular weight is 486 g/mol. The fourth-order valence-corrected chi connectivity index (χ4v) is 2.57. The number of anilines is 2. The second-order valence-corrected chi connectivity index (χ2v) is 5.99. The molecule has 0 spiro atoms. The molecule has 3 rings (SSSR count). The van der Waals surface area contributed by atoms with E-state index in [0.29, 0.717) is 35.6 Å². The lowest BCUT2D eigenvalue weighted by Crippen LogP contribution is -2.22. The molecule has 0 aliphatic heterocycles. The van der Waals surface area contributed by atoms with Crippen LogP contribution in [0.3, 0.4) is 0 Å². The van der Waals surface area contributed by atoms with Crippen LogP contribution in [-0.2, 0) is 11.3 Å². The highest BCUT2D eigenvalue weighted by molar-refractivity contribution is 9.08. The zero-order valence-electron chi connectivity index (χ0n) is 16.4. The topological polar surface area (TPSA) is 75.4 Å². The Hall–Kier alpha value is -2.95. The molecule has 0 bridgehead atoms. The highest BCUT2D eigenvalue weighted by atomic mass is 79.9. The van der Waals surface area contributed by atoms with Gasteiger partial charge in [0, 0.05) is 20.3 Å². The van der Waals surface area contributed by atoms with E-state index in [9.17, 15) is 18.0 Å². The largest absolute Gasteiger partial charge is 0.415 e. The van der Waals surface area contributed by atoms with Gasteiger partial charge in [0.25, 0.3) is 5.89 Å². The lowest BCUT2D eigenvalue weighted by atomic mass is 10.2. The quantitative estimate of drug-likeness (QED) is 0.363. The van der Waals surface area contributed by atoms with E-state index in [1.165, 1.54) is 29.3 Å². The summed E-state index contributed by atoms with van der Waals surface area (Å²) in [5.41, 5.74) is 2.08. The average Bonchev–Trinajstić information content (AvgIpc) is 3.26. The highest BCUT2D eigenvalue weighted by Crippen LogP contribution is 2.29. The van der Waals surface area contributed by atoms with Gasteiger partial charge in [-0.3, -0.25) is 9.78 Å². The van der Waals surface area contributed by atoms with Crippen LogP contribution in [0.4, 0.5) is 24.5 Å². The van der Waals surface area contributed by atoms with Gasteiger partial charge in [-0.1, -0.05) is 15.9 Å². The second kappa shape index (κ2) is 10.7. The maximum absolute atomic E-state index is 13.7. The molecule has 2 aromatic heterocycles. The Morgan fingerprint density at radius 2 is 1.87 bits per heavy atom. The van der Waals surface area contributed by atoms with E-state index in [2.05, 4.69) is 31.1 Å². The Morgan fingerprint density at radius 1 is 1.13 bits per heavy atom. The van der Waals surface area contributed by atoms with E-state index in [-0.39, 0.29) is 5.89 Å². The Morgan fingerprint density at radius 3 is 2.43 bits per heavy atom. The number of pyridine rings is 1. The summed E-state index contributed by atoms with van der Waals surface area (Å²) < 4.78 is 43.7. The number of halogens is 4. The van der Waals surface area contributed by atoms with Gasteiger partial charge in [0.1, 0.15) is 5.82 Å². The summed E-state index contributed by atoms with van der Waals surface area (Å²) in [6.45, 7) is 0.315. The molecule has 0 atom stereocenters. The third-order valence-electron chi connectivity index (χ3n) is 3.98. The molecule has 1 amide bonds. The van der Waals surface area contributed by atoms with Crippen LogP contribution in [0.2, 0.25) is 0 Å². The molecule has 0 radical (unpaired) electrons. The maximum Gasteiger partial charge on any atom is 0.314 e. The van der Waals surface area contributed by atoms with Gasteiger partial charge in [-0.15, -0.1) is 10.2 Å². The van der Waals surface area contributed by atoms with Crippen molar-refractivity contribution in [2.75, 3.05) is 29.7 Å². The summed E-state index contributed by atoms with van der Waals surface area (Å²) in [5, 5.41) is 6.84. The second-order valence-electron chi connectivity index (χ2n) is 5.99. The molecule has 3 aromatic rings. The molecule has 0 saturated carbocycles. The first-order chi connectivity index (χ1) is 14.4. The smallest absolute Gasteiger partial charge is 0.314 e. The predicted molar refractivity (Wildman–Crippen MR) is 110 cm³/mol. The fourth-order valence-electron chi connectivity index (χ4n) is 2.57. The monoisotopic (exact) mass is 485 g/mol. The van der Waals surface area contributed by atoms with Crippen molar-refractivity contribution < 1.29 is 22.4 Å². The van der Waals surface area contributed by atoms with Gasteiger partial charge in [-0.25, -0.2) is 4.39 Å².